The Morgan fingerprint density at radius 3 is 2.65 bits per heavy atom. The number of nitrogens with one attached hydrogen (secondary N) is 1. The molecule has 6 nitrogen and oxygen atoms in total. The van der Waals surface area contributed by atoms with E-state index in [4.69, 9.17) is 4.74 Å². The second-order valence-corrected chi connectivity index (χ2v) is 7.24. The number of hydrogen-bond donors (Lipinski definition) is 1. The summed E-state index contributed by atoms with van der Waals surface area (Å²) in [5, 5.41) is 9.68. The van der Waals surface area contributed by atoms with Crippen LogP contribution in [0.5, 0.6) is 5.75 Å². The van der Waals surface area contributed by atoms with Gasteiger partial charge in [0.05, 0.1) is 12.8 Å². The number of aryl methyl sites for hydroxylation is 2. The van der Waals surface area contributed by atoms with Crippen LogP contribution in [0.1, 0.15) is 41.6 Å². The van der Waals surface area contributed by atoms with Crippen molar-refractivity contribution in [3.05, 3.63) is 46.6 Å². The largest absolute Gasteiger partial charge is 0.496 e. The monoisotopic (exact) mass is 370 g/mol. The van der Waals surface area contributed by atoms with Crippen molar-refractivity contribution in [1.82, 2.24) is 14.8 Å². The number of thiazole rings is 1. The van der Waals surface area contributed by atoms with E-state index in [0.29, 0.717) is 10.8 Å². The Bertz CT molecular complexity index is 943. The van der Waals surface area contributed by atoms with Crippen LogP contribution in [-0.2, 0) is 0 Å². The zero-order valence-corrected chi connectivity index (χ0v) is 16.3. The van der Waals surface area contributed by atoms with Crippen molar-refractivity contribution in [3.8, 4) is 17.0 Å². The van der Waals surface area contributed by atoms with E-state index in [1.54, 1.807) is 13.2 Å². The molecule has 7 heteroatoms. The van der Waals surface area contributed by atoms with E-state index in [9.17, 15) is 4.79 Å². The molecule has 3 rings (SSSR count). The number of ether oxygens (including phenoxy) is 1. The molecule has 136 valence electrons. The number of amides is 1. The van der Waals surface area contributed by atoms with Gasteiger partial charge in [-0.05, 0) is 57.5 Å². The Kier molecular flexibility index (Phi) is 5.08. The standard InChI is InChI=1S/C19H22N4O2S/c1-11(2)23-13(4)9-15(22-23)18(24)21-19-20-16(10-26-19)14-6-7-17(25-5)12(3)8-14/h6-11H,1-5H3,(H,20,21,24). The summed E-state index contributed by atoms with van der Waals surface area (Å²) >= 11 is 1.39. The van der Waals surface area contributed by atoms with Gasteiger partial charge in [0.15, 0.2) is 10.8 Å². The molecular weight excluding hydrogens is 348 g/mol. The van der Waals surface area contributed by atoms with Crippen molar-refractivity contribution >= 4 is 22.4 Å². The van der Waals surface area contributed by atoms with E-state index in [1.807, 2.05) is 56.0 Å². The topological polar surface area (TPSA) is 69.0 Å². The molecule has 26 heavy (non-hydrogen) atoms. The predicted octanol–water partition coefficient (Wildman–Crippen LogP) is 4.47. The highest BCUT2D eigenvalue weighted by Gasteiger charge is 2.16. The normalized spacial score (nSPS) is 11.0. The zero-order valence-electron chi connectivity index (χ0n) is 15.5. The lowest BCUT2D eigenvalue weighted by Gasteiger charge is -2.06. The Balaban J connectivity index is 1.77. The SMILES string of the molecule is COc1ccc(-c2csc(NC(=O)c3cc(C)n(C(C)C)n3)n2)cc1C. The van der Waals surface area contributed by atoms with Gasteiger partial charge in [-0.1, -0.05) is 0 Å². The maximum Gasteiger partial charge on any atom is 0.277 e. The fourth-order valence-corrected chi connectivity index (χ4v) is 3.50. The summed E-state index contributed by atoms with van der Waals surface area (Å²) in [6.07, 6.45) is 0. The summed E-state index contributed by atoms with van der Waals surface area (Å²) in [6, 6.07) is 7.90. The fourth-order valence-electron chi connectivity index (χ4n) is 2.78. The van der Waals surface area contributed by atoms with E-state index in [-0.39, 0.29) is 11.9 Å². The number of hydrogen-bond acceptors (Lipinski definition) is 5. The van der Waals surface area contributed by atoms with E-state index in [1.165, 1.54) is 11.3 Å². The van der Waals surface area contributed by atoms with Gasteiger partial charge in [0.1, 0.15) is 5.75 Å². The lowest BCUT2D eigenvalue weighted by molar-refractivity contribution is 0.102. The van der Waals surface area contributed by atoms with Crippen molar-refractivity contribution in [3.63, 3.8) is 0 Å². The van der Waals surface area contributed by atoms with Gasteiger partial charge in [-0.3, -0.25) is 14.8 Å². The number of carbonyl (C=O) groups excluding carboxylic acids is 1. The van der Waals surface area contributed by atoms with Gasteiger partial charge in [0, 0.05) is 22.7 Å². The van der Waals surface area contributed by atoms with Crippen LogP contribution in [-0.4, -0.2) is 27.8 Å². The molecule has 0 saturated heterocycles. The third-order valence-corrected chi connectivity index (χ3v) is 4.82. The molecule has 0 radical (unpaired) electrons. The first-order valence-corrected chi connectivity index (χ1v) is 9.25. The number of aromatic nitrogens is 3. The Morgan fingerprint density at radius 1 is 1.27 bits per heavy atom. The van der Waals surface area contributed by atoms with Gasteiger partial charge in [-0.15, -0.1) is 11.3 Å². The van der Waals surface area contributed by atoms with Crippen LogP contribution < -0.4 is 10.1 Å². The third kappa shape index (κ3) is 3.62. The molecule has 0 spiro atoms. The lowest BCUT2D eigenvalue weighted by Crippen LogP contribution is -2.13. The molecule has 1 amide bonds. The number of nitrogens with zero attached hydrogens (tertiary/aromatic N) is 3. The van der Waals surface area contributed by atoms with Crippen LogP contribution in [0.2, 0.25) is 0 Å². The minimum atomic E-state index is -0.251. The molecule has 0 fully saturated rings. The first kappa shape index (κ1) is 18.1. The van der Waals surface area contributed by atoms with Gasteiger partial charge >= 0.3 is 0 Å². The van der Waals surface area contributed by atoms with Crippen LogP contribution in [0, 0.1) is 13.8 Å². The molecule has 0 aliphatic heterocycles. The summed E-state index contributed by atoms with van der Waals surface area (Å²) in [7, 11) is 1.65. The van der Waals surface area contributed by atoms with E-state index >= 15 is 0 Å². The molecule has 3 aromatic rings. The maximum atomic E-state index is 12.4. The molecule has 1 aromatic carbocycles. The van der Waals surface area contributed by atoms with Crippen molar-refractivity contribution in [2.75, 3.05) is 12.4 Å². The number of carbonyl (C=O) groups is 1. The Hall–Kier alpha value is -2.67. The van der Waals surface area contributed by atoms with Crippen molar-refractivity contribution < 1.29 is 9.53 Å². The van der Waals surface area contributed by atoms with Gasteiger partial charge in [-0.25, -0.2) is 4.98 Å². The molecule has 0 saturated carbocycles. The average Bonchev–Trinajstić information content (AvgIpc) is 3.21. The zero-order chi connectivity index (χ0) is 18.8. The minimum absolute atomic E-state index is 0.210. The Labute approximate surface area is 156 Å². The summed E-state index contributed by atoms with van der Waals surface area (Å²) in [4.78, 5) is 17.0. The first-order chi connectivity index (χ1) is 12.4. The van der Waals surface area contributed by atoms with Crippen LogP contribution in [0.4, 0.5) is 5.13 Å². The minimum Gasteiger partial charge on any atom is -0.496 e. The number of methoxy groups -OCH3 is 1. The highest BCUT2D eigenvalue weighted by atomic mass is 32.1. The van der Waals surface area contributed by atoms with Crippen molar-refractivity contribution in [1.29, 1.82) is 0 Å². The molecule has 0 aliphatic carbocycles. The fraction of sp³-hybridized carbons (Fsp3) is 0.316. The van der Waals surface area contributed by atoms with Gasteiger partial charge in [0.2, 0.25) is 0 Å². The molecule has 0 atom stereocenters. The molecule has 2 heterocycles. The van der Waals surface area contributed by atoms with Crippen LogP contribution in [0.15, 0.2) is 29.6 Å². The van der Waals surface area contributed by atoms with Gasteiger partial charge < -0.3 is 4.74 Å². The van der Waals surface area contributed by atoms with Crippen LogP contribution in [0.25, 0.3) is 11.3 Å². The highest BCUT2D eigenvalue weighted by molar-refractivity contribution is 7.14. The first-order valence-electron chi connectivity index (χ1n) is 8.37. The lowest BCUT2D eigenvalue weighted by atomic mass is 10.1. The summed E-state index contributed by atoms with van der Waals surface area (Å²) in [5.41, 5.74) is 4.20. The second kappa shape index (κ2) is 7.29. The van der Waals surface area contributed by atoms with Gasteiger partial charge in [0.25, 0.3) is 5.91 Å². The quantitative estimate of drug-likeness (QED) is 0.720. The van der Waals surface area contributed by atoms with Crippen LogP contribution >= 0.6 is 11.3 Å². The average molecular weight is 370 g/mol. The summed E-state index contributed by atoms with van der Waals surface area (Å²) in [6.45, 7) is 8.00. The Morgan fingerprint density at radius 2 is 2.04 bits per heavy atom. The van der Waals surface area contributed by atoms with Crippen molar-refractivity contribution in [2.45, 2.75) is 33.7 Å². The second-order valence-electron chi connectivity index (χ2n) is 6.39. The summed E-state index contributed by atoms with van der Waals surface area (Å²) in [5.74, 6) is 0.591. The van der Waals surface area contributed by atoms with Crippen molar-refractivity contribution in [2.24, 2.45) is 0 Å². The molecule has 2 aromatic heterocycles. The van der Waals surface area contributed by atoms with Gasteiger partial charge in [-0.2, -0.15) is 5.10 Å². The smallest absolute Gasteiger partial charge is 0.277 e. The molecule has 0 bridgehead atoms. The highest BCUT2D eigenvalue weighted by Crippen LogP contribution is 2.29. The van der Waals surface area contributed by atoms with E-state index in [0.717, 1.165) is 28.3 Å². The number of anilines is 1. The van der Waals surface area contributed by atoms with Crippen LogP contribution in [0.3, 0.4) is 0 Å². The maximum absolute atomic E-state index is 12.4. The molecule has 1 N–H and O–H groups in total. The summed E-state index contributed by atoms with van der Waals surface area (Å²) < 4.78 is 7.12. The number of benzene rings is 1. The third-order valence-electron chi connectivity index (χ3n) is 4.06. The predicted molar refractivity (Wildman–Crippen MR) is 104 cm³/mol. The number of rotatable bonds is 5. The molecular formula is C19H22N4O2S. The van der Waals surface area contributed by atoms with E-state index < -0.39 is 0 Å². The van der Waals surface area contributed by atoms with E-state index in [2.05, 4.69) is 15.4 Å². The molecule has 0 aliphatic rings. The molecule has 0 unspecified atom stereocenters.